The van der Waals surface area contributed by atoms with Gasteiger partial charge in [-0.3, -0.25) is 4.98 Å². The molecule has 4 nitrogen and oxygen atoms in total. The number of pyridine rings is 1. The number of hydrogen-bond donors (Lipinski definition) is 1. The molecule has 2 aromatic rings. The summed E-state index contributed by atoms with van der Waals surface area (Å²) in [6, 6.07) is 6.32. The Morgan fingerprint density at radius 1 is 1.27 bits per heavy atom. The molecule has 2 N–H and O–H groups in total. The van der Waals surface area contributed by atoms with Gasteiger partial charge in [-0.2, -0.15) is 0 Å². The Kier molecular flexibility index (Phi) is 1.74. The van der Waals surface area contributed by atoms with E-state index in [0.29, 0.717) is 6.04 Å². The molecule has 3 rings (SSSR count). The molecule has 1 saturated carbocycles. The molecule has 2 aromatic heterocycles. The van der Waals surface area contributed by atoms with Crippen molar-refractivity contribution >= 4 is 5.82 Å². The van der Waals surface area contributed by atoms with Crippen molar-refractivity contribution in [1.29, 1.82) is 0 Å². The normalized spacial score (nSPS) is 15.5. The van der Waals surface area contributed by atoms with Gasteiger partial charge >= 0.3 is 0 Å². The highest BCUT2D eigenvalue weighted by atomic mass is 15.2. The highest BCUT2D eigenvalue weighted by molar-refractivity contribution is 5.67. The first-order valence-corrected chi connectivity index (χ1v) is 5.10. The molecular weight excluding hydrogens is 188 g/mol. The summed E-state index contributed by atoms with van der Waals surface area (Å²) in [7, 11) is 0. The predicted molar refractivity (Wildman–Crippen MR) is 58.1 cm³/mol. The summed E-state index contributed by atoms with van der Waals surface area (Å²) >= 11 is 0. The molecule has 1 aliphatic rings. The molecule has 0 unspecified atom stereocenters. The largest absolute Gasteiger partial charge is 0.383 e. The number of aromatic nitrogens is 3. The molecule has 1 fully saturated rings. The summed E-state index contributed by atoms with van der Waals surface area (Å²) in [5.74, 6) is 0.733. The maximum absolute atomic E-state index is 6.04. The molecular formula is C11H12N4. The van der Waals surface area contributed by atoms with Crippen LogP contribution in [0.3, 0.4) is 0 Å². The Labute approximate surface area is 87.8 Å². The third-order valence-corrected chi connectivity index (χ3v) is 2.68. The minimum atomic E-state index is 0.565. The molecule has 2 heterocycles. The number of nitrogens with zero attached hydrogens (tertiary/aromatic N) is 3. The lowest BCUT2D eigenvalue weighted by atomic mass is 10.3. The molecule has 4 heteroatoms. The lowest BCUT2D eigenvalue weighted by Gasteiger charge is -2.02. The Bertz CT molecular complexity index is 471. The van der Waals surface area contributed by atoms with Crippen LogP contribution >= 0.6 is 0 Å². The van der Waals surface area contributed by atoms with E-state index in [1.165, 1.54) is 12.8 Å². The highest BCUT2D eigenvalue weighted by Crippen LogP contribution is 2.38. The van der Waals surface area contributed by atoms with Gasteiger partial charge in [0.1, 0.15) is 11.5 Å². The van der Waals surface area contributed by atoms with Crippen LogP contribution in [0.15, 0.2) is 30.7 Å². The fourth-order valence-corrected chi connectivity index (χ4v) is 1.71. The van der Waals surface area contributed by atoms with Crippen LogP contribution in [-0.4, -0.2) is 14.5 Å². The van der Waals surface area contributed by atoms with Crippen LogP contribution in [0.4, 0.5) is 5.82 Å². The van der Waals surface area contributed by atoms with Crippen molar-refractivity contribution in [3.8, 4) is 11.4 Å². The van der Waals surface area contributed by atoms with Crippen LogP contribution in [0.2, 0.25) is 0 Å². The average Bonchev–Trinajstić information content (AvgIpc) is 3.04. The standard InChI is InChI=1S/C11H12N4/c12-11-10(9-3-1-2-6-13-9)14-7-15(11)8-4-5-8/h1-3,6-8H,4-5,12H2. The molecule has 0 bridgehead atoms. The molecule has 0 saturated heterocycles. The van der Waals surface area contributed by atoms with E-state index in [0.717, 1.165) is 17.2 Å². The summed E-state index contributed by atoms with van der Waals surface area (Å²) in [5, 5.41) is 0. The first-order chi connectivity index (χ1) is 7.36. The van der Waals surface area contributed by atoms with E-state index in [-0.39, 0.29) is 0 Å². The second-order valence-corrected chi connectivity index (χ2v) is 3.83. The van der Waals surface area contributed by atoms with Gasteiger partial charge in [-0.05, 0) is 25.0 Å². The van der Waals surface area contributed by atoms with Gasteiger partial charge in [-0.15, -0.1) is 0 Å². The van der Waals surface area contributed by atoms with Gasteiger partial charge < -0.3 is 10.3 Å². The maximum Gasteiger partial charge on any atom is 0.133 e. The summed E-state index contributed by atoms with van der Waals surface area (Å²) in [4.78, 5) is 8.57. The Morgan fingerprint density at radius 3 is 2.80 bits per heavy atom. The summed E-state index contributed by atoms with van der Waals surface area (Å²) < 4.78 is 2.05. The second-order valence-electron chi connectivity index (χ2n) is 3.83. The zero-order valence-electron chi connectivity index (χ0n) is 8.30. The van der Waals surface area contributed by atoms with Crippen molar-refractivity contribution in [2.75, 3.05) is 5.73 Å². The minimum Gasteiger partial charge on any atom is -0.383 e. The first kappa shape index (κ1) is 8.47. The van der Waals surface area contributed by atoms with E-state index in [1.54, 1.807) is 6.20 Å². The van der Waals surface area contributed by atoms with E-state index in [2.05, 4.69) is 9.97 Å². The fraction of sp³-hybridized carbons (Fsp3) is 0.273. The third-order valence-electron chi connectivity index (χ3n) is 2.68. The van der Waals surface area contributed by atoms with Crippen molar-refractivity contribution in [3.05, 3.63) is 30.7 Å². The molecule has 76 valence electrons. The second kappa shape index (κ2) is 3.08. The summed E-state index contributed by atoms with van der Waals surface area (Å²) in [5.41, 5.74) is 7.67. The zero-order chi connectivity index (χ0) is 10.3. The molecule has 0 aromatic carbocycles. The van der Waals surface area contributed by atoms with Gasteiger partial charge in [0.05, 0.1) is 12.0 Å². The summed E-state index contributed by atoms with van der Waals surface area (Å²) in [6.45, 7) is 0. The molecule has 0 atom stereocenters. The number of nitrogens with two attached hydrogens (primary N) is 1. The van der Waals surface area contributed by atoms with Crippen molar-refractivity contribution in [3.63, 3.8) is 0 Å². The van der Waals surface area contributed by atoms with Gasteiger partial charge in [0, 0.05) is 12.2 Å². The molecule has 0 aliphatic heterocycles. The number of anilines is 1. The number of rotatable bonds is 2. The van der Waals surface area contributed by atoms with Crippen LogP contribution < -0.4 is 5.73 Å². The molecule has 1 aliphatic carbocycles. The number of nitrogen functional groups attached to an aromatic ring is 1. The van der Waals surface area contributed by atoms with Crippen molar-refractivity contribution in [1.82, 2.24) is 14.5 Å². The fourth-order valence-electron chi connectivity index (χ4n) is 1.71. The van der Waals surface area contributed by atoms with Gasteiger partial charge in [-0.1, -0.05) is 6.07 Å². The van der Waals surface area contributed by atoms with Gasteiger partial charge in [0.2, 0.25) is 0 Å². The molecule has 0 amide bonds. The zero-order valence-corrected chi connectivity index (χ0v) is 8.30. The summed E-state index contributed by atoms with van der Waals surface area (Å²) in [6.07, 6.45) is 5.99. The van der Waals surface area contributed by atoms with E-state index in [4.69, 9.17) is 5.73 Å². The van der Waals surface area contributed by atoms with Crippen LogP contribution in [0, 0.1) is 0 Å². The molecule has 0 spiro atoms. The third kappa shape index (κ3) is 1.38. The smallest absolute Gasteiger partial charge is 0.133 e. The van der Waals surface area contributed by atoms with Gasteiger partial charge in [-0.25, -0.2) is 4.98 Å². The van der Waals surface area contributed by atoms with E-state index >= 15 is 0 Å². The lowest BCUT2D eigenvalue weighted by Crippen LogP contribution is -1.99. The molecule has 0 radical (unpaired) electrons. The SMILES string of the molecule is Nc1c(-c2ccccn2)ncn1C1CC1. The van der Waals surface area contributed by atoms with Gasteiger partial charge in [0.25, 0.3) is 0 Å². The van der Waals surface area contributed by atoms with Crippen molar-refractivity contribution in [2.24, 2.45) is 0 Å². The van der Waals surface area contributed by atoms with Crippen molar-refractivity contribution < 1.29 is 0 Å². The monoisotopic (exact) mass is 200 g/mol. The van der Waals surface area contributed by atoms with E-state index < -0.39 is 0 Å². The predicted octanol–water partition coefficient (Wildman–Crippen LogP) is 1.86. The number of hydrogen-bond acceptors (Lipinski definition) is 3. The number of imidazole rings is 1. The van der Waals surface area contributed by atoms with Crippen molar-refractivity contribution in [2.45, 2.75) is 18.9 Å². The van der Waals surface area contributed by atoms with Crippen LogP contribution in [0.1, 0.15) is 18.9 Å². The lowest BCUT2D eigenvalue weighted by molar-refractivity contribution is 0.751. The topological polar surface area (TPSA) is 56.7 Å². The Hall–Kier alpha value is -1.84. The maximum atomic E-state index is 6.04. The minimum absolute atomic E-state index is 0.565. The Morgan fingerprint density at radius 2 is 2.13 bits per heavy atom. The van der Waals surface area contributed by atoms with E-state index in [1.807, 2.05) is 29.1 Å². The quantitative estimate of drug-likeness (QED) is 0.805. The Balaban J connectivity index is 2.05. The highest BCUT2D eigenvalue weighted by Gasteiger charge is 2.26. The van der Waals surface area contributed by atoms with Crippen LogP contribution in [0.5, 0.6) is 0 Å². The van der Waals surface area contributed by atoms with E-state index in [9.17, 15) is 0 Å². The first-order valence-electron chi connectivity index (χ1n) is 5.10. The van der Waals surface area contributed by atoms with Crippen LogP contribution in [-0.2, 0) is 0 Å². The average molecular weight is 200 g/mol. The van der Waals surface area contributed by atoms with Crippen LogP contribution in [0.25, 0.3) is 11.4 Å². The van der Waals surface area contributed by atoms with Gasteiger partial charge in [0.15, 0.2) is 0 Å². The molecule has 15 heavy (non-hydrogen) atoms.